The molecule has 19 heavy (non-hydrogen) atoms. The Morgan fingerprint density at radius 3 is 2.89 bits per heavy atom. The molecule has 1 aromatic carbocycles. The maximum absolute atomic E-state index is 13.5. The monoisotopic (exact) mass is 266 g/mol. The van der Waals surface area contributed by atoms with Crippen molar-refractivity contribution in [2.45, 2.75) is 0 Å². The number of nitrogens with zero attached hydrogens (tertiary/aromatic N) is 1. The Labute approximate surface area is 105 Å². The molecule has 0 saturated heterocycles. The van der Waals surface area contributed by atoms with Crippen molar-refractivity contribution in [1.29, 1.82) is 0 Å². The quantitative estimate of drug-likeness (QED) is 0.757. The van der Waals surface area contributed by atoms with Gasteiger partial charge in [-0.15, -0.1) is 0 Å². The number of halogens is 1. The van der Waals surface area contributed by atoms with Crippen LogP contribution in [0.5, 0.6) is 17.2 Å². The van der Waals surface area contributed by atoms with Crippen LogP contribution in [0, 0.1) is 5.82 Å². The second-order valence-corrected chi connectivity index (χ2v) is 3.79. The Morgan fingerprint density at radius 2 is 2.21 bits per heavy atom. The smallest absolute Gasteiger partial charge is 0.353 e. The number of aromatic carboxylic acids is 1. The number of phenolic OH excluding ortho intramolecular Hbond substituents is 1. The number of benzene rings is 1. The lowest BCUT2D eigenvalue weighted by Gasteiger charge is -2.06. The SMILES string of the molecule is O=C(O)c1cc(-c2c(O)c(F)cc3c2OCO3)n[nH]1. The lowest BCUT2D eigenvalue weighted by Crippen LogP contribution is -1.95. The van der Waals surface area contributed by atoms with Gasteiger partial charge in [0.25, 0.3) is 0 Å². The summed E-state index contributed by atoms with van der Waals surface area (Å²) in [6.45, 7) is -0.110. The van der Waals surface area contributed by atoms with Crippen molar-refractivity contribution in [3.05, 3.63) is 23.6 Å². The molecule has 0 aliphatic carbocycles. The van der Waals surface area contributed by atoms with Crippen LogP contribution in [0.2, 0.25) is 0 Å². The Balaban J connectivity index is 2.21. The maximum Gasteiger partial charge on any atom is 0.353 e. The summed E-state index contributed by atoms with van der Waals surface area (Å²) < 4.78 is 23.7. The number of fused-ring (bicyclic) bond motifs is 1. The molecule has 1 aliphatic heterocycles. The first-order chi connectivity index (χ1) is 9.08. The van der Waals surface area contributed by atoms with Crippen molar-refractivity contribution in [2.24, 2.45) is 0 Å². The molecule has 0 fully saturated rings. The van der Waals surface area contributed by atoms with Crippen molar-refractivity contribution < 1.29 is 28.9 Å². The molecule has 2 heterocycles. The molecule has 0 unspecified atom stereocenters. The highest BCUT2D eigenvalue weighted by Gasteiger charge is 2.27. The Morgan fingerprint density at radius 1 is 1.42 bits per heavy atom. The molecule has 8 heteroatoms. The Bertz CT molecular complexity index is 682. The van der Waals surface area contributed by atoms with Gasteiger partial charge in [-0.25, -0.2) is 9.18 Å². The van der Waals surface area contributed by atoms with E-state index in [0.29, 0.717) is 0 Å². The number of nitrogens with one attached hydrogen (secondary N) is 1. The zero-order valence-electron chi connectivity index (χ0n) is 9.31. The molecular weight excluding hydrogens is 259 g/mol. The van der Waals surface area contributed by atoms with Crippen LogP contribution in [-0.2, 0) is 0 Å². The van der Waals surface area contributed by atoms with Gasteiger partial charge < -0.3 is 19.7 Å². The summed E-state index contributed by atoms with van der Waals surface area (Å²) in [5, 5.41) is 24.5. The van der Waals surface area contributed by atoms with Gasteiger partial charge in [0.2, 0.25) is 6.79 Å². The average Bonchev–Trinajstić information content (AvgIpc) is 2.99. The molecule has 0 bridgehead atoms. The fourth-order valence-corrected chi connectivity index (χ4v) is 1.80. The molecule has 3 rings (SSSR count). The minimum absolute atomic E-state index is 0.0451. The van der Waals surface area contributed by atoms with Crippen LogP contribution in [-0.4, -0.2) is 33.2 Å². The molecule has 0 spiro atoms. The highest BCUT2D eigenvalue weighted by molar-refractivity contribution is 5.88. The van der Waals surface area contributed by atoms with Gasteiger partial charge >= 0.3 is 5.97 Å². The fourth-order valence-electron chi connectivity index (χ4n) is 1.80. The summed E-state index contributed by atoms with van der Waals surface area (Å²) in [5.41, 5.74) is -0.182. The summed E-state index contributed by atoms with van der Waals surface area (Å²) in [4.78, 5) is 10.8. The minimum Gasteiger partial charge on any atom is -0.504 e. The second-order valence-electron chi connectivity index (χ2n) is 3.79. The van der Waals surface area contributed by atoms with Crippen LogP contribution in [0.15, 0.2) is 12.1 Å². The van der Waals surface area contributed by atoms with Gasteiger partial charge in [0.15, 0.2) is 23.1 Å². The zero-order valence-corrected chi connectivity index (χ0v) is 9.31. The molecular formula is C11H7FN2O5. The van der Waals surface area contributed by atoms with Gasteiger partial charge in [-0.1, -0.05) is 0 Å². The minimum atomic E-state index is -1.22. The van der Waals surface area contributed by atoms with E-state index in [4.69, 9.17) is 14.6 Å². The maximum atomic E-state index is 13.5. The summed E-state index contributed by atoms with van der Waals surface area (Å²) in [7, 11) is 0. The number of carboxylic acids is 1. The van der Waals surface area contributed by atoms with E-state index < -0.39 is 17.5 Å². The number of aromatic nitrogens is 2. The molecule has 7 nitrogen and oxygen atoms in total. The number of H-pyrrole nitrogens is 1. The van der Waals surface area contributed by atoms with Crippen LogP contribution in [0.3, 0.4) is 0 Å². The zero-order chi connectivity index (χ0) is 13.6. The Hall–Kier alpha value is -2.77. The second kappa shape index (κ2) is 3.87. The lowest BCUT2D eigenvalue weighted by atomic mass is 10.1. The van der Waals surface area contributed by atoms with Crippen LogP contribution in [0.1, 0.15) is 10.5 Å². The normalized spacial score (nSPS) is 12.7. The van der Waals surface area contributed by atoms with Gasteiger partial charge in [0.1, 0.15) is 11.4 Å². The number of aromatic hydroxyl groups is 1. The first kappa shape index (κ1) is 11.3. The number of carboxylic acid groups (broad SMARTS) is 1. The number of rotatable bonds is 2. The molecule has 0 amide bonds. The highest BCUT2D eigenvalue weighted by Crippen LogP contribution is 2.47. The van der Waals surface area contributed by atoms with Crippen LogP contribution < -0.4 is 9.47 Å². The molecule has 3 N–H and O–H groups in total. The first-order valence-corrected chi connectivity index (χ1v) is 5.18. The average molecular weight is 266 g/mol. The van der Waals surface area contributed by atoms with Crippen molar-refractivity contribution in [2.75, 3.05) is 6.79 Å². The number of ether oxygens (including phenoxy) is 2. The number of hydrogen-bond donors (Lipinski definition) is 3. The summed E-state index contributed by atoms with van der Waals surface area (Å²) >= 11 is 0. The van der Waals surface area contributed by atoms with E-state index in [-0.39, 0.29) is 35.2 Å². The predicted octanol–water partition coefficient (Wildman–Crippen LogP) is 1.35. The summed E-state index contributed by atoms with van der Waals surface area (Å²) in [6, 6.07) is 2.16. The molecule has 0 radical (unpaired) electrons. The van der Waals surface area contributed by atoms with E-state index in [9.17, 15) is 14.3 Å². The molecule has 1 aliphatic rings. The van der Waals surface area contributed by atoms with Crippen molar-refractivity contribution in [1.82, 2.24) is 10.2 Å². The molecule has 98 valence electrons. The van der Waals surface area contributed by atoms with E-state index in [0.717, 1.165) is 6.07 Å². The van der Waals surface area contributed by atoms with E-state index in [1.165, 1.54) is 6.07 Å². The molecule has 1 aromatic heterocycles. The van der Waals surface area contributed by atoms with Gasteiger partial charge in [-0.05, 0) is 6.07 Å². The third-order valence-corrected chi connectivity index (χ3v) is 2.65. The molecule has 2 aromatic rings. The number of phenols is 1. The van der Waals surface area contributed by atoms with Crippen LogP contribution in [0.4, 0.5) is 4.39 Å². The number of carbonyl (C=O) groups is 1. The molecule has 0 atom stereocenters. The van der Waals surface area contributed by atoms with E-state index in [1.54, 1.807) is 0 Å². The van der Waals surface area contributed by atoms with Gasteiger partial charge in [0.05, 0.1) is 5.56 Å². The third kappa shape index (κ3) is 1.65. The van der Waals surface area contributed by atoms with Crippen LogP contribution in [0.25, 0.3) is 11.3 Å². The van der Waals surface area contributed by atoms with Gasteiger partial charge in [-0.3, -0.25) is 5.10 Å². The largest absolute Gasteiger partial charge is 0.504 e. The van der Waals surface area contributed by atoms with Gasteiger partial charge in [-0.2, -0.15) is 5.10 Å². The van der Waals surface area contributed by atoms with Crippen molar-refractivity contribution >= 4 is 5.97 Å². The lowest BCUT2D eigenvalue weighted by molar-refractivity contribution is 0.0690. The Kier molecular flexibility index (Phi) is 2.31. The van der Waals surface area contributed by atoms with E-state index >= 15 is 0 Å². The fraction of sp³-hybridized carbons (Fsp3) is 0.0909. The van der Waals surface area contributed by atoms with E-state index in [2.05, 4.69) is 10.2 Å². The van der Waals surface area contributed by atoms with Crippen LogP contribution >= 0.6 is 0 Å². The summed E-state index contributed by atoms with van der Waals surface area (Å²) in [6.07, 6.45) is 0. The predicted molar refractivity (Wildman–Crippen MR) is 58.7 cm³/mol. The van der Waals surface area contributed by atoms with E-state index in [1.807, 2.05) is 0 Å². The first-order valence-electron chi connectivity index (χ1n) is 5.18. The number of aromatic amines is 1. The highest BCUT2D eigenvalue weighted by atomic mass is 19.1. The molecule has 0 saturated carbocycles. The van der Waals surface area contributed by atoms with Gasteiger partial charge in [0, 0.05) is 6.07 Å². The number of hydrogen-bond acceptors (Lipinski definition) is 5. The van der Waals surface area contributed by atoms with Crippen molar-refractivity contribution in [3.8, 4) is 28.5 Å². The topological polar surface area (TPSA) is 105 Å². The van der Waals surface area contributed by atoms with Crippen molar-refractivity contribution in [3.63, 3.8) is 0 Å². The standard InChI is InChI=1S/C11H7FN2O5/c12-4-1-7-10(19-3-18-7)8(9(4)15)5-2-6(11(16)17)14-13-5/h1-2,15H,3H2,(H,13,14)(H,16,17). The third-order valence-electron chi connectivity index (χ3n) is 2.65. The summed E-state index contributed by atoms with van der Waals surface area (Å²) in [5.74, 6) is -2.54.